The predicted molar refractivity (Wildman–Crippen MR) is 81.0 cm³/mol. The molecule has 17 heavy (non-hydrogen) atoms. The molecule has 0 aliphatic rings. The largest absolute Gasteiger partial charge is 0.373 e. The van der Waals surface area contributed by atoms with E-state index in [2.05, 4.69) is 38.0 Å². The van der Waals surface area contributed by atoms with E-state index in [1.807, 2.05) is 7.05 Å². The first-order valence-electron chi connectivity index (χ1n) is 6.00. The average Bonchev–Trinajstić information content (AvgIpc) is 2.22. The summed E-state index contributed by atoms with van der Waals surface area (Å²) < 4.78 is 1.76. The lowest BCUT2D eigenvalue weighted by atomic mass is 9.83. The summed E-state index contributed by atoms with van der Waals surface area (Å²) in [7, 11) is 4.08. The minimum absolute atomic E-state index is 0.0893. The van der Waals surface area contributed by atoms with Gasteiger partial charge in [-0.05, 0) is 25.4 Å². The molecular weight excluding hydrogens is 248 g/mol. The molecule has 0 radical (unpaired) electrons. The quantitative estimate of drug-likeness (QED) is 0.651. The van der Waals surface area contributed by atoms with Crippen LogP contribution in [-0.4, -0.2) is 27.2 Å². The zero-order valence-corrected chi connectivity index (χ0v) is 13.0. The summed E-state index contributed by atoms with van der Waals surface area (Å²) in [4.78, 5) is 2.25. The Bertz CT molecular complexity index is 450. The first kappa shape index (κ1) is 14.7. The highest BCUT2D eigenvalue weighted by Gasteiger charge is 2.27. The van der Waals surface area contributed by atoms with E-state index in [4.69, 9.17) is 24.4 Å². The topological polar surface area (TPSA) is 15.3 Å². The Kier molecular flexibility index (Phi) is 4.81. The average molecular weight is 270 g/mol. The molecule has 1 aromatic carbocycles. The van der Waals surface area contributed by atoms with Crippen molar-refractivity contribution in [3.63, 3.8) is 0 Å². The first-order chi connectivity index (χ1) is 7.80. The van der Waals surface area contributed by atoms with E-state index in [9.17, 15) is 0 Å². The number of nitrogens with one attached hydrogen (secondary N) is 1. The van der Waals surface area contributed by atoms with Crippen LogP contribution in [0.5, 0.6) is 0 Å². The van der Waals surface area contributed by atoms with Gasteiger partial charge in [0.25, 0.3) is 0 Å². The van der Waals surface area contributed by atoms with Gasteiger partial charge >= 0.3 is 0 Å². The van der Waals surface area contributed by atoms with Crippen LogP contribution in [0.15, 0.2) is 0 Å². The van der Waals surface area contributed by atoms with Gasteiger partial charge in [-0.1, -0.05) is 45.2 Å². The van der Waals surface area contributed by atoms with Crippen LogP contribution < -0.4 is 10.2 Å². The Labute approximate surface area is 115 Å². The van der Waals surface area contributed by atoms with Crippen molar-refractivity contribution < 1.29 is 0 Å². The second-order valence-corrected chi connectivity index (χ2v) is 6.33. The van der Waals surface area contributed by atoms with Gasteiger partial charge in [-0.25, -0.2) is 0 Å². The third-order valence-corrected chi connectivity index (χ3v) is 3.87. The van der Waals surface area contributed by atoms with Crippen molar-refractivity contribution >= 4 is 30.1 Å². The molecule has 4 heteroatoms. The van der Waals surface area contributed by atoms with Crippen LogP contribution in [0.1, 0.15) is 32.8 Å². The van der Waals surface area contributed by atoms with Crippen molar-refractivity contribution in [2.24, 2.45) is 0 Å². The van der Waals surface area contributed by atoms with Crippen LogP contribution in [0.2, 0.25) is 0 Å². The highest BCUT2D eigenvalue weighted by atomic mass is 32.1. The number of rotatable bonds is 5. The lowest BCUT2D eigenvalue weighted by Gasteiger charge is -2.32. The lowest BCUT2D eigenvalue weighted by Crippen LogP contribution is -2.28. The van der Waals surface area contributed by atoms with Crippen molar-refractivity contribution in [3.8, 4) is 0 Å². The summed E-state index contributed by atoms with van der Waals surface area (Å²) >= 11 is 10.7. The van der Waals surface area contributed by atoms with Gasteiger partial charge in [0.2, 0.25) is 0 Å². The monoisotopic (exact) mass is 270 g/mol. The van der Waals surface area contributed by atoms with Crippen LogP contribution in [0, 0.1) is 9.02 Å². The zero-order chi connectivity index (χ0) is 13.2. The molecule has 0 unspecified atom stereocenters. The van der Waals surface area contributed by atoms with Gasteiger partial charge in [-0.15, -0.1) is 0 Å². The molecule has 2 nitrogen and oxygen atoms in total. The maximum absolute atomic E-state index is 5.37. The van der Waals surface area contributed by atoms with Gasteiger partial charge < -0.3 is 10.2 Å². The molecule has 0 saturated carbocycles. The molecule has 0 aliphatic carbocycles. The normalized spacial score (nSPS) is 12.1. The molecule has 1 rings (SSSR count). The van der Waals surface area contributed by atoms with Crippen molar-refractivity contribution in [1.82, 2.24) is 5.32 Å². The molecule has 96 valence electrons. The van der Waals surface area contributed by atoms with Crippen LogP contribution >= 0.6 is 24.4 Å². The van der Waals surface area contributed by atoms with E-state index in [0.717, 1.165) is 28.5 Å². The standard InChI is InChI=1S/C13H22N2S2/c1-13(2,3)9-10(12(17)11(9)16)15(5)8-6-7-14-4/h14H,6-8H2,1-5H3. The molecule has 0 saturated heterocycles. The second-order valence-electron chi connectivity index (χ2n) is 5.51. The molecule has 1 N–H and O–H groups in total. The van der Waals surface area contributed by atoms with Gasteiger partial charge in [0.05, 0.1) is 14.7 Å². The molecule has 0 aromatic heterocycles. The minimum atomic E-state index is 0.0893. The van der Waals surface area contributed by atoms with E-state index in [1.165, 1.54) is 11.3 Å². The number of anilines is 1. The van der Waals surface area contributed by atoms with E-state index in [-0.39, 0.29) is 5.41 Å². The van der Waals surface area contributed by atoms with Crippen LogP contribution in [0.3, 0.4) is 0 Å². The Balaban J connectivity index is 2.88. The van der Waals surface area contributed by atoms with Gasteiger partial charge in [-0.2, -0.15) is 0 Å². The SMILES string of the molecule is CNCCCN(C)c1c(C(C)(C)C)c(=S)c1=S. The number of nitrogens with zero attached hydrogens (tertiary/aromatic N) is 1. The van der Waals surface area contributed by atoms with Crippen LogP contribution in [0.4, 0.5) is 5.69 Å². The Hall–Kier alpha value is -0.320. The maximum Gasteiger partial charge on any atom is 0.0798 e. The Morgan fingerprint density at radius 2 is 1.76 bits per heavy atom. The van der Waals surface area contributed by atoms with Crippen molar-refractivity contribution in [3.05, 3.63) is 14.6 Å². The van der Waals surface area contributed by atoms with Gasteiger partial charge in [0, 0.05) is 19.2 Å². The minimum Gasteiger partial charge on any atom is -0.373 e. The first-order valence-corrected chi connectivity index (χ1v) is 6.82. The summed E-state index contributed by atoms with van der Waals surface area (Å²) in [5, 5.41) is 3.16. The van der Waals surface area contributed by atoms with E-state index < -0.39 is 0 Å². The molecule has 0 spiro atoms. The summed E-state index contributed by atoms with van der Waals surface area (Å²) in [6, 6.07) is 0. The van der Waals surface area contributed by atoms with Crippen molar-refractivity contribution in [2.45, 2.75) is 32.6 Å². The van der Waals surface area contributed by atoms with Gasteiger partial charge in [0.1, 0.15) is 0 Å². The lowest BCUT2D eigenvalue weighted by molar-refractivity contribution is 0.579. The molecule has 1 aromatic rings. The molecule has 0 amide bonds. The zero-order valence-electron chi connectivity index (χ0n) is 11.4. The number of hydrogen-bond acceptors (Lipinski definition) is 4. The maximum atomic E-state index is 5.37. The summed E-state index contributed by atoms with van der Waals surface area (Å²) in [5.41, 5.74) is 2.53. The number of hydrogen-bond donors (Lipinski definition) is 1. The Morgan fingerprint density at radius 3 is 2.24 bits per heavy atom. The Morgan fingerprint density at radius 1 is 1.18 bits per heavy atom. The third kappa shape index (κ3) is 3.12. The van der Waals surface area contributed by atoms with Gasteiger partial charge in [0.15, 0.2) is 0 Å². The molecular formula is C13H22N2S2. The van der Waals surface area contributed by atoms with E-state index in [1.54, 1.807) is 0 Å². The summed E-state index contributed by atoms with van der Waals surface area (Å²) in [6.07, 6.45) is 1.11. The highest BCUT2D eigenvalue weighted by Crippen LogP contribution is 2.38. The molecule has 0 aliphatic heterocycles. The van der Waals surface area contributed by atoms with Crippen molar-refractivity contribution in [2.75, 3.05) is 32.1 Å². The molecule has 0 fully saturated rings. The fraction of sp³-hybridized carbons (Fsp3) is 0.692. The molecule has 0 heterocycles. The van der Waals surface area contributed by atoms with Gasteiger partial charge in [-0.3, -0.25) is 0 Å². The van der Waals surface area contributed by atoms with Crippen LogP contribution in [0.25, 0.3) is 0 Å². The van der Waals surface area contributed by atoms with E-state index >= 15 is 0 Å². The summed E-state index contributed by atoms with van der Waals surface area (Å²) in [6.45, 7) is 8.62. The van der Waals surface area contributed by atoms with Crippen LogP contribution in [-0.2, 0) is 5.41 Å². The predicted octanol–water partition coefficient (Wildman–Crippen LogP) is 3.36. The molecule has 0 bridgehead atoms. The fourth-order valence-corrected chi connectivity index (χ4v) is 2.90. The highest BCUT2D eigenvalue weighted by molar-refractivity contribution is 7.74. The third-order valence-electron chi connectivity index (χ3n) is 2.94. The van der Waals surface area contributed by atoms with E-state index in [0.29, 0.717) is 0 Å². The van der Waals surface area contributed by atoms with Crippen molar-refractivity contribution in [1.29, 1.82) is 0 Å². The molecule has 0 atom stereocenters. The fourth-order valence-electron chi connectivity index (χ4n) is 2.04. The second kappa shape index (κ2) is 5.55. The summed E-state index contributed by atoms with van der Waals surface area (Å²) in [5.74, 6) is 0. The smallest absolute Gasteiger partial charge is 0.0798 e.